The lowest BCUT2D eigenvalue weighted by Gasteiger charge is -2.05. The summed E-state index contributed by atoms with van der Waals surface area (Å²) in [4.78, 5) is 24.9. The van der Waals surface area contributed by atoms with Gasteiger partial charge in [-0.2, -0.15) is 0 Å². The van der Waals surface area contributed by atoms with Crippen LogP contribution in [0.2, 0.25) is 0 Å². The molecule has 0 fully saturated rings. The van der Waals surface area contributed by atoms with Crippen molar-refractivity contribution in [1.82, 2.24) is 19.5 Å². The number of rotatable bonds is 3. The van der Waals surface area contributed by atoms with Crippen molar-refractivity contribution in [2.75, 3.05) is 5.43 Å². The molecule has 20 heavy (non-hydrogen) atoms. The van der Waals surface area contributed by atoms with Gasteiger partial charge in [0.1, 0.15) is 4.70 Å². The van der Waals surface area contributed by atoms with Crippen LogP contribution in [0.25, 0.3) is 10.2 Å². The van der Waals surface area contributed by atoms with Crippen LogP contribution >= 0.6 is 11.3 Å². The maximum Gasteiger partial charge on any atom is 0.271 e. The number of hydrogen-bond donors (Lipinski definition) is 2. The smallest absolute Gasteiger partial charge is 0.271 e. The maximum absolute atomic E-state index is 12.3. The van der Waals surface area contributed by atoms with Crippen molar-refractivity contribution in [1.29, 1.82) is 0 Å². The van der Waals surface area contributed by atoms with Crippen LogP contribution in [0.3, 0.4) is 0 Å². The molecule has 0 radical (unpaired) electrons. The molecule has 0 aliphatic rings. The van der Waals surface area contributed by atoms with Crippen LogP contribution in [0.1, 0.15) is 11.3 Å². The highest BCUT2D eigenvalue weighted by atomic mass is 32.1. The van der Waals surface area contributed by atoms with Crippen LogP contribution in [-0.2, 0) is 6.54 Å². The largest absolute Gasteiger partial charge is 0.307 e. The zero-order chi connectivity index (χ0) is 14.1. The summed E-state index contributed by atoms with van der Waals surface area (Å²) in [5.41, 5.74) is 4.80. The van der Waals surface area contributed by atoms with Gasteiger partial charge in [0.2, 0.25) is 0 Å². The molecule has 0 bridgehead atoms. The Morgan fingerprint density at radius 3 is 2.90 bits per heavy atom. The van der Waals surface area contributed by atoms with Crippen molar-refractivity contribution < 1.29 is 0 Å². The molecule has 8 heteroatoms. The van der Waals surface area contributed by atoms with Gasteiger partial charge in [0, 0.05) is 0 Å². The van der Waals surface area contributed by atoms with E-state index in [0.717, 1.165) is 11.1 Å². The van der Waals surface area contributed by atoms with Crippen molar-refractivity contribution in [3.05, 3.63) is 45.7 Å². The summed E-state index contributed by atoms with van der Waals surface area (Å²) in [6.07, 6.45) is 4.63. The van der Waals surface area contributed by atoms with E-state index in [4.69, 9.17) is 5.84 Å². The second kappa shape index (κ2) is 4.99. The quantitative estimate of drug-likeness (QED) is 0.548. The summed E-state index contributed by atoms with van der Waals surface area (Å²) in [6.45, 7) is 2.27. The maximum atomic E-state index is 12.3. The van der Waals surface area contributed by atoms with Crippen molar-refractivity contribution in [2.24, 2.45) is 5.84 Å². The van der Waals surface area contributed by atoms with E-state index in [1.165, 1.54) is 22.1 Å². The fraction of sp³-hybridized carbons (Fsp3) is 0.167. The topological polar surface area (TPSA) is 98.7 Å². The van der Waals surface area contributed by atoms with Gasteiger partial charge < -0.3 is 5.43 Å². The van der Waals surface area contributed by atoms with E-state index in [9.17, 15) is 4.79 Å². The van der Waals surface area contributed by atoms with Gasteiger partial charge in [-0.1, -0.05) is 0 Å². The first kappa shape index (κ1) is 12.7. The highest BCUT2D eigenvalue weighted by Gasteiger charge is 2.09. The van der Waals surface area contributed by atoms with Crippen LogP contribution in [0.15, 0.2) is 28.9 Å². The number of nitrogen functional groups attached to an aromatic ring is 1. The van der Waals surface area contributed by atoms with Gasteiger partial charge in [-0.25, -0.2) is 15.8 Å². The van der Waals surface area contributed by atoms with Gasteiger partial charge in [0.05, 0.1) is 36.5 Å². The molecule has 7 nitrogen and oxygen atoms in total. The summed E-state index contributed by atoms with van der Waals surface area (Å²) < 4.78 is 2.19. The molecule has 0 aromatic carbocycles. The first-order chi connectivity index (χ1) is 9.69. The summed E-state index contributed by atoms with van der Waals surface area (Å²) >= 11 is 1.41. The van der Waals surface area contributed by atoms with Crippen LogP contribution in [-0.4, -0.2) is 19.5 Å². The molecule has 0 aliphatic carbocycles. The molecular formula is C12H12N6OS. The molecule has 0 saturated heterocycles. The van der Waals surface area contributed by atoms with Gasteiger partial charge in [-0.05, 0) is 17.9 Å². The second-order valence-corrected chi connectivity index (χ2v) is 5.19. The number of thiophene rings is 1. The summed E-state index contributed by atoms with van der Waals surface area (Å²) in [5.74, 6) is 5.70. The number of fused-ring (bicyclic) bond motifs is 1. The van der Waals surface area contributed by atoms with E-state index in [-0.39, 0.29) is 5.56 Å². The minimum Gasteiger partial charge on any atom is -0.307 e. The Balaban J connectivity index is 1.97. The van der Waals surface area contributed by atoms with E-state index in [2.05, 4.69) is 20.4 Å². The van der Waals surface area contributed by atoms with E-state index in [1.54, 1.807) is 12.5 Å². The Kier molecular flexibility index (Phi) is 3.17. The summed E-state index contributed by atoms with van der Waals surface area (Å²) in [6, 6.07) is 0. The number of hydrazine groups is 1. The highest BCUT2D eigenvalue weighted by Crippen LogP contribution is 2.19. The van der Waals surface area contributed by atoms with E-state index in [1.807, 2.05) is 12.3 Å². The molecule has 0 atom stereocenters. The molecule has 102 valence electrons. The van der Waals surface area contributed by atoms with Gasteiger partial charge in [-0.3, -0.25) is 14.3 Å². The van der Waals surface area contributed by atoms with Gasteiger partial charge in [-0.15, -0.1) is 11.3 Å². The lowest BCUT2D eigenvalue weighted by Crippen LogP contribution is -2.21. The number of nitrogens with one attached hydrogen (secondary N) is 1. The third kappa shape index (κ3) is 2.15. The number of aryl methyl sites for hydroxylation is 1. The molecule has 3 aromatic heterocycles. The minimum absolute atomic E-state index is 0.0593. The molecular weight excluding hydrogens is 276 g/mol. The first-order valence-corrected chi connectivity index (χ1v) is 6.78. The van der Waals surface area contributed by atoms with Crippen molar-refractivity contribution >= 4 is 27.4 Å². The predicted octanol–water partition coefficient (Wildman–Crippen LogP) is 0.890. The van der Waals surface area contributed by atoms with Gasteiger partial charge >= 0.3 is 0 Å². The lowest BCUT2D eigenvalue weighted by atomic mass is 10.3. The molecule has 3 N–H and O–H groups in total. The Morgan fingerprint density at radius 1 is 1.35 bits per heavy atom. The Morgan fingerprint density at radius 2 is 2.20 bits per heavy atom. The van der Waals surface area contributed by atoms with Crippen LogP contribution < -0.4 is 16.8 Å². The molecule has 0 amide bonds. The normalized spacial score (nSPS) is 10.9. The zero-order valence-corrected chi connectivity index (χ0v) is 11.5. The van der Waals surface area contributed by atoms with E-state index < -0.39 is 0 Å². The second-order valence-electron chi connectivity index (χ2n) is 4.31. The minimum atomic E-state index is -0.0593. The van der Waals surface area contributed by atoms with Crippen molar-refractivity contribution in [3.63, 3.8) is 0 Å². The lowest BCUT2D eigenvalue weighted by molar-refractivity contribution is 0.727. The van der Waals surface area contributed by atoms with Crippen LogP contribution in [0.5, 0.6) is 0 Å². The van der Waals surface area contributed by atoms with Crippen molar-refractivity contribution in [2.45, 2.75) is 13.5 Å². The monoisotopic (exact) mass is 288 g/mol. The first-order valence-electron chi connectivity index (χ1n) is 5.90. The summed E-state index contributed by atoms with van der Waals surface area (Å²) in [7, 11) is 0. The molecule has 3 aromatic rings. The van der Waals surface area contributed by atoms with Crippen molar-refractivity contribution in [3.8, 4) is 0 Å². The fourth-order valence-corrected chi connectivity index (χ4v) is 2.81. The highest BCUT2D eigenvalue weighted by molar-refractivity contribution is 7.17. The SMILES string of the molecule is Cc1csc2c(=O)n(Cc3cnc(NN)cn3)cnc12. The zero-order valence-electron chi connectivity index (χ0n) is 10.7. The van der Waals surface area contributed by atoms with Gasteiger partial charge in [0.15, 0.2) is 5.82 Å². The predicted molar refractivity (Wildman–Crippen MR) is 77.6 cm³/mol. The number of aromatic nitrogens is 4. The molecule has 0 unspecified atom stereocenters. The van der Waals surface area contributed by atoms with Crippen LogP contribution in [0.4, 0.5) is 5.82 Å². The third-order valence-corrected chi connectivity index (χ3v) is 3.98. The standard InChI is InChI=1S/C12H12N6OS/c1-7-5-20-11-10(7)16-6-18(12(11)19)4-8-2-15-9(17-13)3-14-8/h2-3,5-6H,4,13H2,1H3,(H,15,17). The third-order valence-electron chi connectivity index (χ3n) is 2.91. The van der Waals surface area contributed by atoms with E-state index in [0.29, 0.717) is 22.8 Å². The Bertz CT molecular complexity index is 807. The number of nitrogens with two attached hydrogens (primary N) is 1. The molecule has 0 spiro atoms. The van der Waals surface area contributed by atoms with Crippen LogP contribution in [0, 0.1) is 6.92 Å². The summed E-state index contributed by atoms with van der Waals surface area (Å²) in [5, 5.41) is 1.94. The Hall–Kier alpha value is -2.32. The Labute approximate surface area is 118 Å². The molecule has 0 aliphatic heterocycles. The van der Waals surface area contributed by atoms with Gasteiger partial charge in [0.25, 0.3) is 5.56 Å². The average molecular weight is 288 g/mol. The molecule has 3 heterocycles. The number of nitrogens with zero attached hydrogens (tertiary/aromatic N) is 4. The van der Waals surface area contributed by atoms with E-state index >= 15 is 0 Å². The fourth-order valence-electron chi connectivity index (χ4n) is 1.86. The average Bonchev–Trinajstić information content (AvgIpc) is 2.85. The number of hydrogen-bond acceptors (Lipinski definition) is 7. The number of anilines is 1. The molecule has 0 saturated carbocycles. The molecule has 3 rings (SSSR count).